The van der Waals surface area contributed by atoms with E-state index >= 15 is 0 Å². The topological polar surface area (TPSA) is 55.1 Å². The van der Waals surface area contributed by atoms with Gasteiger partial charge < -0.3 is 11.1 Å². The molecule has 0 saturated carbocycles. The molecule has 0 fully saturated rings. The lowest BCUT2D eigenvalue weighted by Gasteiger charge is -2.19. The maximum Gasteiger partial charge on any atom is 0.251 e. The van der Waals surface area contributed by atoms with Crippen molar-refractivity contribution in [1.29, 1.82) is 0 Å². The average Bonchev–Trinajstić information content (AvgIpc) is 2.33. The van der Waals surface area contributed by atoms with E-state index in [9.17, 15) is 4.79 Å². The summed E-state index contributed by atoms with van der Waals surface area (Å²) < 4.78 is 0. The lowest BCUT2D eigenvalue weighted by molar-refractivity contribution is 0.0953. The zero-order valence-electron chi connectivity index (χ0n) is 12.0. The summed E-state index contributed by atoms with van der Waals surface area (Å²) in [6.45, 7) is 7.85. The van der Waals surface area contributed by atoms with E-state index in [1.807, 2.05) is 24.3 Å². The molecule has 0 saturated heterocycles. The molecule has 1 rings (SSSR count). The number of benzene rings is 1. The average molecular weight is 285 g/mol. The third-order valence-electron chi connectivity index (χ3n) is 2.93. The Morgan fingerprint density at radius 3 is 2.21 bits per heavy atom. The highest BCUT2D eigenvalue weighted by molar-refractivity contribution is 5.94. The molecule has 0 heterocycles. The van der Waals surface area contributed by atoms with E-state index < -0.39 is 0 Å². The molecule has 0 spiro atoms. The molecule has 1 aromatic carbocycles. The molecule has 0 atom stereocenters. The van der Waals surface area contributed by atoms with Crippen LogP contribution in [0.25, 0.3) is 0 Å². The highest BCUT2D eigenvalue weighted by Gasteiger charge is 2.13. The van der Waals surface area contributed by atoms with Gasteiger partial charge in [-0.25, -0.2) is 0 Å². The first-order valence-electron chi connectivity index (χ1n) is 6.54. The zero-order valence-corrected chi connectivity index (χ0v) is 12.8. The quantitative estimate of drug-likeness (QED) is 0.817. The lowest BCUT2D eigenvalue weighted by Crippen LogP contribution is -2.25. The fourth-order valence-electron chi connectivity index (χ4n) is 1.69. The molecule has 0 bridgehead atoms. The summed E-state index contributed by atoms with van der Waals surface area (Å²) >= 11 is 0. The van der Waals surface area contributed by atoms with Crippen LogP contribution >= 0.6 is 12.4 Å². The molecule has 1 aromatic rings. The zero-order chi connectivity index (χ0) is 13.6. The summed E-state index contributed by atoms with van der Waals surface area (Å²) in [5.41, 5.74) is 7.48. The molecule has 3 N–H and O–H groups in total. The van der Waals surface area contributed by atoms with Crippen molar-refractivity contribution in [1.82, 2.24) is 5.32 Å². The van der Waals surface area contributed by atoms with Crippen LogP contribution in [0.1, 0.15) is 49.5 Å². The van der Waals surface area contributed by atoms with Gasteiger partial charge in [-0.15, -0.1) is 12.4 Å². The number of hydrogen-bond donors (Lipinski definition) is 2. The van der Waals surface area contributed by atoms with Gasteiger partial charge >= 0.3 is 0 Å². The molecular formula is C15H25ClN2O. The summed E-state index contributed by atoms with van der Waals surface area (Å²) in [5, 5.41) is 2.90. The van der Waals surface area contributed by atoms with Gasteiger partial charge in [0.2, 0.25) is 0 Å². The molecule has 108 valence electrons. The van der Waals surface area contributed by atoms with E-state index in [0.717, 1.165) is 18.4 Å². The number of halogens is 1. The summed E-state index contributed by atoms with van der Waals surface area (Å²) in [7, 11) is 0. The van der Waals surface area contributed by atoms with Crippen LogP contribution in [0.2, 0.25) is 0 Å². The predicted molar refractivity (Wildman–Crippen MR) is 83.0 cm³/mol. The van der Waals surface area contributed by atoms with E-state index in [2.05, 4.69) is 26.1 Å². The fraction of sp³-hybridized carbons (Fsp3) is 0.533. The van der Waals surface area contributed by atoms with Gasteiger partial charge in [0.05, 0.1) is 0 Å². The summed E-state index contributed by atoms with van der Waals surface area (Å²) in [6.07, 6.45) is 1.88. The number of nitrogens with one attached hydrogen (secondary N) is 1. The van der Waals surface area contributed by atoms with Crippen LogP contribution in [-0.4, -0.2) is 19.0 Å². The number of rotatable bonds is 5. The molecular weight excluding hydrogens is 260 g/mol. The van der Waals surface area contributed by atoms with Gasteiger partial charge in [-0.1, -0.05) is 32.9 Å². The third kappa shape index (κ3) is 6.08. The third-order valence-corrected chi connectivity index (χ3v) is 2.93. The molecule has 3 nitrogen and oxygen atoms in total. The van der Waals surface area contributed by atoms with Crippen molar-refractivity contribution >= 4 is 18.3 Å². The van der Waals surface area contributed by atoms with Crippen molar-refractivity contribution in [2.24, 2.45) is 5.73 Å². The number of amides is 1. The Balaban J connectivity index is 0.00000324. The Morgan fingerprint density at radius 2 is 1.74 bits per heavy atom. The first kappa shape index (κ1) is 17.9. The van der Waals surface area contributed by atoms with E-state index in [4.69, 9.17) is 5.73 Å². The van der Waals surface area contributed by atoms with E-state index in [0.29, 0.717) is 13.1 Å². The van der Waals surface area contributed by atoms with Gasteiger partial charge in [-0.2, -0.15) is 0 Å². The van der Waals surface area contributed by atoms with Gasteiger partial charge in [-0.3, -0.25) is 4.79 Å². The fourth-order valence-corrected chi connectivity index (χ4v) is 1.69. The SMILES string of the molecule is CC(C)(C)c1ccc(C(=O)NCCCCN)cc1.Cl. The smallest absolute Gasteiger partial charge is 0.251 e. The summed E-state index contributed by atoms with van der Waals surface area (Å²) in [4.78, 5) is 11.8. The number of unbranched alkanes of at least 4 members (excludes halogenated alkanes) is 1. The van der Waals surface area contributed by atoms with Gasteiger partial charge in [0.1, 0.15) is 0 Å². The highest BCUT2D eigenvalue weighted by Crippen LogP contribution is 2.22. The first-order valence-corrected chi connectivity index (χ1v) is 6.54. The Morgan fingerprint density at radius 1 is 1.16 bits per heavy atom. The molecule has 0 radical (unpaired) electrons. The molecule has 0 aliphatic rings. The Labute approximate surface area is 122 Å². The minimum atomic E-state index is -0.00696. The van der Waals surface area contributed by atoms with Crippen molar-refractivity contribution in [2.75, 3.05) is 13.1 Å². The minimum absolute atomic E-state index is 0. The number of carbonyl (C=O) groups excluding carboxylic acids is 1. The highest BCUT2D eigenvalue weighted by atomic mass is 35.5. The monoisotopic (exact) mass is 284 g/mol. The minimum Gasteiger partial charge on any atom is -0.352 e. The standard InChI is InChI=1S/C15H24N2O.ClH/c1-15(2,3)13-8-6-12(7-9-13)14(18)17-11-5-4-10-16;/h6-9H,4-5,10-11,16H2,1-3H3,(H,17,18);1H. The molecule has 4 heteroatoms. The molecule has 0 aliphatic heterocycles. The molecule has 0 aromatic heterocycles. The van der Waals surface area contributed by atoms with Crippen molar-refractivity contribution in [3.63, 3.8) is 0 Å². The van der Waals surface area contributed by atoms with Crippen LogP contribution in [0.5, 0.6) is 0 Å². The second-order valence-electron chi connectivity index (χ2n) is 5.58. The Kier molecular flexibility index (Phi) is 7.72. The van der Waals surface area contributed by atoms with E-state index in [-0.39, 0.29) is 23.7 Å². The van der Waals surface area contributed by atoms with Crippen molar-refractivity contribution < 1.29 is 4.79 Å². The number of carbonyl (C=O) groups is 1. The molecule has 19 heavy (non-hydrogen) atoms. The summed E-state index contributed by atoms with van der Waals surface area (Å²) in [5.74, 6) is -0.00696. The van der Waals surface area contributed by atoms with Crippen LogP contribution in [0.15, 0.2) is 24.3 Å². The first-order chi connectivity index (χ1) is 8.45. The van der Waals surface area contributed by atoms with Crippen LogP contribution in [0.3, 0.4) is 0 Å². The lowest BCUT2D eigenvalue weighted by atomic mass is 9.87. The van der Waals surface area contributed by atoms with Crippen molar-refractivity contribution in [3.05, 3.63) is 35.4 Å². The maximum atomic E-state index is 11.8. The second kappa shape index (κ2) is 8.18. The maximum absolute atomic E-state index is 11.8. The number of nitrogens with two attached hydrogens (primary N) is 1. The normalized spacial score (nSPS) is 10.7. The predicted octanol–water partition coefficient (Wildman–Crippen LogP) is 2.87. The van der Waals surface area contributed by atoms with Crippen LogP contribution in [0, 0.1) is 0 Å². The van der Waals surface area contributed by atoms with Gasteiger partial charge in [-0.05, 0) is 42.5 Å². The van der Waals surface area contributed by atoms with E-state index in [1.54, 1.807) is 0 Å². The second-order valence-corrected chi connectivity index (χ2v) is 5.58. The molecule has 0 unspecified atom stereocenters. The van der Waals surface area contributed by atoms with Crippen LogP contribution in [0.4, 0.5) is 0 Å². The van der Waals surface area contributed by atoms with Crippen LogP contribution < -0.4 is 11.1 Å². The van der Waals surface area contributed by atoms with E-state index in [1.165, 1.54) is 5.56 Å². The molecule has 0 aliphatic carbocycles. The van der Waals surface area contributed by atoms with Gasteiger partial charge in [0.25, 0.3) is 5.91 Å². The summed E-state index contributed by atoms with van der Waals surface area (Å²) in [6, 6.07) is 7.82. The van der Waals surface area contributed by atoms with Crippen LogP contribution in [-0.2, 0) is 5.41 Å². The van der Waals surface area contributed by atoms with Gasteiger partial charge in [0.15, 0.2) is 0 Å². The largest absolute Gasteiger partial charge is 0.352 e. The van der Waals surface area contributed by atoms with Crippen molar-refractivity contribution in [2.45, 2.75) is 39.0 Å². The number of hydrogen-bond acceptors (Lipinski definition) is 2. The van der Waals surface area contributed by atoms with Gasteiger partial charge in [0, 0.05) is 12.1 Å². The van der Waals surface area contributed by atoms with Crippen molar-refractivity contribution in [3.8, 4) is 0 Å². The molecule has 1 amide bonds. The Bertz CT molecular complexity index is 382. The Hall–Kier alpha value is -1.06.